The second kappa shape index (κ2) is 10.7. The second-order valence-electron chi connectivity index (χ2n) is 9.19. The number of hydrogen-bond donors (Lipinski definition) is 2. The summed E-state index contributed by atoms with van der Waals surface area (Å²) in [5.74, 6) is -0.167. The number of nitrogens with zero attached hydrogens (tertiary/aromatic N) is 1. The Morgan fingerprint density at radius 2 is 1.59 bits per heavy atom. The first kappa shape index (κ1) is 25.9. The van der Waals surface area contributed by atoms with E-state index in [0.29, 0.717) is 42.4 Å². The van der Waals surface area contributed by atoms with Crippen molar-refractivity contribution in [2.24, 2.45) is 5.92 Å². The van der Waals surface area contributed by atoms with Gasteiger partial charge in [-0.3, -0.25) is 9.59 Å². The Morgan fingerprint density at radius 3 is 2.15 bits per heavy atom. The summed E-state index contributed by atoms with van der Waals surface area (Å²) in [5, 5.41) is 5.70. The molecule has 1 saturated heterocycles. The van der Waals surface area contributed by atoms with Gasteiger partial charge in [-0.25, -0.2) is 8.42 Å². The van der Waals surface area contributed by atoms with Crippen LogP contribution in [0.2, 0.25) is 0 Å². The predicted octanol–water partition coefficient (Wildman–Crippen LogP) is 3.43. The van der Waals surface area contributed by atoms with Gasteiger partial charge in [-0.1, -0.05) is 13.8 Å². The Kier molecular flexibility index (Phi) is 8.12. The molecule has 0 saturated carbocycles. The normalized spacial score (nSPS) is 19.1. The van der Waals surface area contributed by atoms with Gasteiger partial charge in [0.1, 0.15) is 0 Å². The van der Waals surface area contributed by atoms with Gasteiger partial charge in [0.15, 0.2) is 0 Å². The summed E-state index contributed by atoms with van der Waals surface area (Å²) >= 11 is 0. The number of carbonyl (C=O) groups excluding carboxylic acids is 2. The lowest BCUT2D eigenvalue weighted by molar-refractivity contribution is -0.0440. The largest absolute Gasteiger partial charge is 0.373 e. The van der Waals surface area contributed by atoms with E-state index in [2.05, 4.69) is 10.6 Å². The zero-order valence-electron chi connectivity index (χ0n) is 20.3. The minimum atomic E-state index is -3.68. The van der Waals surface area contributed by atoms with Crippen LogP contribution in [-0.4, -0.2) is 56.4 Å². The first-order valence-corrected chi connectivity index (χ1v) is 12.9. The van der Waals surface area contributed by atoms with Gasteiger partial charge >= 0.3 is 0 Å². The van der Waals surface area contributed by atoms with E-state index in [1.807, 2.05) is 34.6 Å². The molecule has 3 rings (SSSR count). The van der Waals surface area contributed by atoms with Gasteiger partial charge in [0.25, 0.3) is 11.8 Å². The Labute approximate surface area is 201 Å². The number of rotatable bonds is 7. The molecule has 2 atom stereocenters. The fourth-order valence-corrected chi connectivity index (χ4v) is 5.38. The molecule has 0 spiro atoms. The number of anilines is 1. The highest BCUT2D eigenvalue weighted by Crippen LogP contribution is 2.22. The van der Waals surface area contributed by atoms with E-state index >= 15 is 0 Å². The van der Waals surface area contributed by atoms with Crippen molar-refractivity contribution >= 4 is 27.5 Å². The van der Waals surface area contributed by atoms with Crippen molar-refractivity contribution in [2.45, 2.75) is 51.7 Å². The van der Waals surface area contributed by atoms with Gasteiger partial charge in [-0.15, -0.1) is 0 Å². The molecule has 2 amide bonds. The average Bonchev–Trinajstić information content (AvgIpc) is 2.78. The minimum Gasteiger partial charge on any atom is -0.373 e. The van der Waals surface area contributed by atoms with Crippen LogP contribution in [0, 0.1) is 12.8 Å². The predicted molar refractivity (Wildman–Crippen MR) is 132 cm³/mol. The van der Waals surface area contributed by atoms with Crippen molar-refractivity contribution in [3.05, 3.63) is 59.2 Å². The molecule has 9 heteroatoms. The van der Waals surface area contributed by atoms with E-state index in [0.717, 1.165) is 5.56 Å². The number of amides is 2. The van der Waals surface area contributed by atoms with Crippen molar-refractivity contribution in [1.29, 1.82) is 0 Å². The van der Waals surface area contributed by atoms with Gasteiger partial charge in [-0.05, 0) is 74.7 Å². The fourth-order valence-electron chi connectivity index (χ4n) is 3.79. The summed E-state index contributed by atoms with van der Waals surface area (Å²) in [6, 6.07) is 11.0. The zero-order chi connectivity index (χ0) is 25.0. The molecular weight excluding hydrogens is 454 g/mol. The van der Waals surface area contributed by atoms with Crippen LogP contribution in [0.1, 0.15) is 54.0 Å². The number of nitrogens with one attached hydrogen (secondary N) is 2. The number of morpholine rings is 1. The van der Waals surface area contributed by atoms with Crippen LogP contribution in [-0.2, 0) is 14.8 Å². The first-order valence-electron chi connectivity index (χ1n) is 11.4. The third-order valence-electron chi connectivity index (χ3n) is 5.55. The van der Waals surface area contributed by atoms with E-state index in [-0.39, 0.29) is 28.9 Å². The zero-order valence-corrected chi connectivity index (χ0v) is 21.1. The molecule has 2 N–H and O–H groups in total. The highest BCUT2D eigenvalue weighted by atomic mass is 32.2. The highest BCUT2D eigenvalue weighted by Gasteiger charge is 2.32. The molecule has 0 radical (unpaired) electrons. The van der Waals surface area contributed by atoms with E-state index in [1.54, 1.807) is 18.2 Å². The number of ether oxygens (including phenoxy) is 1. The summed E-state index contributed by atoms with van der Waals surface area (Å²) in [5.41, 5.74) is 2.19. The molecule has 8 nitrogen and oxygen atoms in total. The molecular formula is C25H33N3O5S. The van der Waals surface area contributed by atoms with Gasteiger partial charge in [0.05, 0.1) is 17.1 Å². The van der Waals surface area contributed by atoms with Crippen LogP contribution >= 0.6 is 0 Å². The minimum absolute atomic E-state index is 0.137. The summed E-state index contributed by atoms with van der Waals surface area (Å²) in [6.45, 7) is 10.7. The molecule has 2 aromatic carbocycles. The Morgan fingerprint density at radius 1 is 1.00 bits per heavy atom. The second-order valence-corrected chi connectivity index (χ2v) is 11.1. The third-order valence-corrected chi connectivity index (χ3v) is 7.39. The van der Waals surface area contributed by atoms with Gasteiger partial charge in [0.2, 0.25) is 10.0 Å². The van der Waals surface area contributed by atoms with Crippen LogP contribution < -0.4 is 10.6 Å². The lowest BCUT2D eigenvalue weighted by Gasteiger charge is -2.34. The number of sulfonamides is 1. The SMILES string of the molecule is Cc1cc(C(=O)NCC(C)C)ccc1NC(=O)c1ccc(S(=O)(=O)N2CC(C)OC(C)C2)cc1. The van der Waals surface area contributed by atoms with E-state index in [9.17, 15) is 18.0 Å². The maximum Gasteiger partial charge on any atom is 0.255 e. The molecule has 1 aliphatic rings. The smallest absolute Gasteiger partial charge is 0.255 e. The van der Waals surface area contributed by atoms with Crippen LogP contribution in [0.3, 0.4) is 0 Å². The maximum absolute atomic E-state index is 13.0. The lowest BCUT2D eigenvalue weighted by Crippen LogP contribution is -2.48. The summed E-state index contributed by atoms with van der Waals surface area (Å²) in [4.78, 5) is 25.1. The molecule has 0 aliphatic carbocycles. The molecule has 34 heavy (non-hydrogen) atoms. The third kappa shape index (κ3) is 6.22. The summed E-state index contributed by atoms with van der Waals surface area (Å²) < 4.78 is 33.1. The molecule has 0 aromatic heterocycles. The van der Waals surface area contributed by atoms with E-state index in [4.69, 9.17) is 4.74 Å². The molecule has 1 fully saturated rings. The molecule has 1 heterocycles. The highest BCUT2D eigenvalue weighted by molar-refractivity contribution is 7.89. The number of aryl methyl sites for hydroxylation is 1. The van der Waals surface area contributed by atoms with E-state index in [1.165, 1.54) is 28.6 Å². The lowest BCUT2D eigenvalue weighted by atomic mass is 10.1. The molecule has 2 aromatic rings. The average molecular weight is 488 g/mol. The molecule has 1 aliphatic heterocycles. The standard InChI is InChI=1S/C25H33N3O5S/c1-16(2)13-26-24(29)21-8-11-23(17(3)12-21)27-25(30)20-6-9-22(10-7-20)34(31,32)28-14-18(4)33-19(5)15-28/h6-12,16,18-19H,13-15H2,1-5H3,(H,26,29)(H,27,30). The summed E-state index contributed by atoms with van der Waals surface area (Å²) in [6.07, 6.45) is -0.362. The number of benzene rings is 2. The van der Waals surface area contributed by atoms with Crippen molar-refractivity contribution in [3.8, 4) is 0 Å². The Balaban J connectivity index is 1.68. The van der Waals surface area contributed by atoms with Crippen molar-refractivity contribution in [3.63, 3.8) is 0 Å². The van der Waals surface area contributed by atoms with Crippen molar-refractivity contribution in [1.82, 2.24) is 9.62 Å². The number of carbonyl (C=O) groups is 2. The van der Waals surface area contributed by atoms with Crippen molar-refractivity contribution in [2.75, 3.05) is 25.0 Å². The fraction of sp³-hybridized carbons (Fsp3) is 0.440. The Hall–Kier alpha value is -2.75. The topological polar surface area (TPSA) is 105 Å². The van der Waals surface area contributed by atoms with Crippen LogP contribution in [0.5, 0.6) is 0 Å². The molecule has 0 bridgehead atoms. The molecule has 184 valence electrons. The summed E-state index contributed by atoms with van der Waals surface area (Å²) in [7, 11) is -3.68. The first-order chi connectivity index (χ1) is 16.0. The monoisotopic (exact) mass is 487 g/mol. The van der Waals surface area contributed by atoms with Gasteiger partial charge in [-0.2, -0.15) is 4.31 Å². The Bertz CT molecular complexity index is 1140. The van der Waals surface area contributed by atoms with E-state index < -0.39 is 10.0 Å². The van der Waals surface area contributed by atoms with Crippen LogP contribution in [0.4, 0.5) is 5.69 Å². The number of hydrogen-bond acceptors (Lipinski definition) is 5. The van der Waals surface area contributed by atoms with Crippen LogP contribution in [0.15, 0.2) is 47.4 Å². The molecule has 2 unspecified atom stereocenters. The van der Waals surface area contributed by atoms with Gasteiger partial charge < -0.3 is 15.4 Å². The van der Waals surface area contributed by atoms with Crippen molar-refractivity contribution < 1.29 is 22.7 Å². The maximum atomic E-state index is 13.0. The van der Waals surface area contributed by atoms with Gasteiger partial charge in [0, 0.05) is 36.4 Å². The quantitative estimate of drug-likeness (QED) is 0.623. The van der Waals surface area contributed by atoms with Crippen LogP contribution in [0.25, 0.3) is 0 Å².